The highest BCUT2D eigenvalue weighted by Gasteiger charge is 2.22. The van der Waals surface area contributed by atoms with Crippen LogP contribution in [0.1, 0.15) is 44.9 Å². The molecule has 7 nitrogen and oxygen atoms in total. The molecule has 29 heavy (non-hydrogen) atoms. The van der Waals surface area contributed by atoms with Crippen molar-refractivity contribution in [2.24, 2.45) is 0 Å². The van der Waals surface area contributed by atoms with E-state index in [2.05, 4.69) is 26.1 Å². The number of aryl methyl sites for hydroxylation is 1. The first-order valence-corrected chi connectivity index (χ1v) is 10.1. The lowest BCUT2D eigenvalue weighted by atomic mass is 9.92. The van der Waals surface area contributed by atoms with Crippen molar-refractivity contribution in [2.75, 3.05) is 31.6 Å². The predicted molar refractivity (Wildman–Crippen MR) is 112 cm³/mol. The lowest BCUT2D eigenvalue weighted by Crippen LogP contribution is -2.40. The number of anilines is 1. The van der Waals surface area contributed by atoms with E-state index in [-0.39, 0.29) is 30.1 Å². The van der Waals surface area contributed by atoms with Crippen molar-refractivity contribution in [2.45, 2.75) is 46.0 Å². The van der Waals surface area contributed by atoms with Gasteiger partial charge in [0.15, 0.2) is 0 Å². The molecular formula is C22H30N4O3. The molecule has 0 saturated carbocycles. The monoisotopic (exact) mass is 398 g/mol. The van der Waals surface area contributed by atoms with Crippen LogP contribution in [0.4, 0.5) is 5.82 Å². The Morgan fingerprint density at radius 2 is 1.76 bits per heavy atom. The third-order valence-corrected chi connectivity index (χ3v) is 4.95. The normalized spacial score (nSPS) is 14.7. The molecule has 0 radical (unpaired) electrons. The van der Waals surface area contributed by atoms with Crippen LogP contribution in [-0.2, 0) is 19.7 Å². The topological polar surface area (TPSA) is 76.5 Å². The number of hydrogen-bond donors (Lipinski definition) is 1. The summed E-state index contributed by atoms with van der Waals surface area (Å²) in [5.74, 6) is 0.411. The molecule has 2 amide bonds. The van der Waals surface area contributed by atoms with Gasteiger partial charge >= 0.3 is 0 Å². The van der Waals surface area contributed by atoms with Crippen LogP contribution in [0.2, 0.25) is 0 Å². The largest absolute Gasteiger partial charge is 0.378 e. The van der Waals surface area contributed by atoms with E-state index in [0.29, 0.717) is 32.1 Å². The van der Waals surface area contributed by atoms with Gasteiger partial charge in [-0.15, -0.1) is 0 Å². The highest BCUT2D eigenvalue weighted by molar-refractivity contribution is 5.92. The lowest BCUT2D eigenvalue weighted by molar-refractivity contribution is -0.136. The molecule has 1 aromatic heterocycles. The average Bonchev–Trinajstić information content (AvgIpc) is 3.11. The molecule has 0 bridgehead atoms. The maximum Gasteiger partial charge on any atom is 0.226 e. The van der Waals surface area contributed by atoms with E-state index in [1.54, 1.807) is 9.58 Å². The molecule has 1 N–H and O–H groups in total. The number of ether oxygens (including phenoxy) is 1. The number of carbonyl (C=O) groups excluding carboxylic acids is 2. The fraction of sp³-hybridized carbons (Fsp3) is 0.500. The lowest BCUT2D eigenvalue weighted by Gasteiger charge is -2.26. The van der Waals surface area contributed by atoms with Crippen molar-refractivity contribution in [1.82, 2.24) is 14.7 Å². The zero-order valence-corrected chi connectivity index (χ0v) is 17.7. The van der Waals surface area contributed by atoms with Gasteiger partial charge < -0.3 is 15.0 Å². The van der Waals surface area contributed by atoms with Crippen LogP contribution < -0.4 is 5.32 Å². The quantitative estimate of drug-likeness (QED) is 0.840. The highest BCUT2D eigenvalue weighted by Crippen LogP contribution is 2.26. The summed E-state index contributed by atoms with van der Waals surface area (Å²) in [5, 5.41) is 7.66. The minimum atomic E-state index is -0.194. The van der Waals surface area contributed by atoms with Crippen LogP contribution in [-0.4, -0.2) is 52.8 Å². The Balaban J connectivity index is 1.71. The highest BCUT2D eigenvalue weighted by atomic mass is 16.5. The molecule has 1 aromatic carbocycles. The summed E-state index contributed by atoms with van der Waals surface area (Å²) < 4.78 is 7.02. The second kappa shape index (κ2) is 8.78. The number of benzene rings is 1. The Morgan fingerprint density at radius 3 is 2.38 bits per heavy atom. The summed E-state index contributed by atoms with van der Waals surface area (Å²) in [7, 11) is 0. The van der Waals surface area contributed by atoms with E-state index >= 15 is 0 Å². The fourth-order valence-corrected chi connectivity index (χ4v) is 3.12. The number of nitrogens with one attached hydrogen (secondary N) is 1. The van der Waals surface area contributed by atoms with E-state index in [1.165, 1.54) is 0 Å². The maximum atomic E-state index is 12.5. The molecule has 1 aliphatic rings. The molecule has 3 rings (SSSR count). The minimum absolute atomic E-state index is 0.00845. The van der Waals surface area contributed by atoms with Crippen molar-refractivity contribution in [1.29, 1.82) is 0 Å². The molecule has 0 spiro atoms. The van der Waals surface area contributed by atoms with E-state index < -0.39 is 0 Å². The maximum absolute atomic E-state index is 12.5. The zero-order valence-electron chi connectivity index (χ0n) is 17.7. The Kier molecular flexibility index (Phi) is 6.37. The molecule has 2 heterocycles. The van der Waals surface area contributed by atoms with Gasteiger partial charge in [0, 0.05) is 37.4 Å². The van der Waals surface area contributed by atoms with Crippen molar-refractivity contribution >= 4 is 17.6 Å². The molecule has 1 saturated heterocycles. The van der Waals surface area contributed by atoms with E-state index in [4.69, 9.17) is 9.84 Å². The van der Waals surface area contributed by atoms with Crippen molar-refractivity contribution in [3.05, 3.63) is 41.6 Å². The van der Waals surface area contributed by atoms with Gasteiger partial charge in [0.25, 0.3) is 0 Å². The first kappa shape index (κ1) is 21.0. The summed E-state index contributed by atoms with van der Waals surface area (Å²) in [6.07, 6.45) is 0.330. The Hall–Kier alpha value is -2.67. The number of nitrogens with zero attached hydrogens (tertiary/aromatic N) is 3. The van der Waals surface area contributed by atoms with Crippen molar-refractivity contribution in [3.8, 4) is 5.69 Å². The van der Waals surface area contributed by atoms with Crippen LogP contribution in [0.5, 0.6) is 0 Å². The number of carbonyl (C=O) groups is 2. The first-order chi connectivity index (χ1) is 13.7. The van der Waals surface area contributed by atoms with Crippen LogP contribution in [0.3, 0.4) is 0 Å². The smallest absolute Gasteiger partial charge is 0.226 e. The standard InChI is InChI=1S/C22H30N4O3/c1-16-5-7-17(8-6-16)26-19(15-18(24-26)22(2,3)4)23-20(27)9-10-21(28)25-11-13-29-14-12-25/h5-8,15H,9-14H2,1-4H3,(H,23,27). The molecule has 1 fully saturated rings. The summed E-state index contributed by atoms with van der Waals surface area (Å²) >= 11 is 0. The van der Waals surface area contributed by atoms with Crippen LogP contribution in [0, 0.1) is 6.92 Å². The summed E-state index contributed by atoms with van der Waals surface area (Å²) in [6.45, 7) is 10.6. The third-order valence-electron chi connectivity index (χ3n) is 4.95. The fourth-order valence-electron chi connectivity index (χ4n) is 3.12. The van der Waals surface area contributed by atoms with Gasteiger partial charge in [-0.25, -0.2) is 4.68 Å². The third kappa shape index (κ3) is 5.44. The Labute approximate surface area is 172 Å². The van der Waals surface area contributed by atoms with Crippen LogP contribution in [0.25, 0.3) is 5.69 Å². The summed E-state index contributed by atoms with van der Waals surface area (Å²) in [6, 6.07) is 9.89. The van der Waals surface area contributed by atoms with Gasteiger partial charge in [-0.3, -0.25) is 9.59 Å². The van der Waals surface area contributed by atoms with Crippen LogP contribution >= 0.6 is 0 Å². The summed E-state index contributed by atoms with van der Waals surface area (Å²) in [4.78, 5) is 26.6. The van der Waals surface area contributed by atoms with Gasteiger partial charge in [0.1, 0.15) is 5.82 Å². The minimum Gasteiger partial charge on any atom is -0.378 e. The number of aromatic nitrogens is 2. The number of rotatable bonds is 5. The zero-order chi connectivity index (χ0) is 21.0. The Bertz CT molecular complexity index is 859. The van der Waals surface area contributed by atoms with Gasteiger partial charge in [-0.1, -0.05) is 38.5 Å². The second-order valence-electron chi connectivity index (χ2n) is 8.45. The average molecular weight is 399 g/mol. The van der Waals surface area contributed by atoms with Gasteiger partial charge in [-0.2, -0.15) is 5.10 Å². The van der Waals surface area contributed by atoms with E-state index in [0.717, 1.165) is 16.9 Å². The molecule has 1 aliphatic heterocycles. The molecule has 0 unspecified atom stereocenters. The summed E-state index contributed by atoms with van der Waals surface area (Å²) in [5.41, 5.74) is 2.77. The van der Waals surface area contributed by atoms with Crippen LogP contribution in [0.15, 0.2) is 30.3 Å². The first-order valence-electron chi connectivity index (χ1n) is 10.1. The molecule has 0 atom stereocenters. The molecule has 7 heteroatoms. The van der Waals surface area contributed by atoms with E-state index in [9.17, 15) is 9.59 Å². The molecular weight excluding hydrogens is 368 g/mol. The Morgan fingerprint density at radius 1 is 1.10 bits per heavy atom. The van der Waals surface area contributed by atoms with E-state index in [1.807, 2.05) is 37.3 Å². The molecule has 2 aromatic rings. The SMILES string of the molecule is Cc1ccc(-n2nc(C(C)(C)C)cc2NC(=O)CCC(=O)N2CCOCC2)cc1. The van der Waals surface area contributed by atoms with Gasteiger partial charge in [0.2, 0.25) is 11.8 Å². The van der Waals surface area contributed by atoms with Gasteiger partial charge in [-0.05, 0) is 19.1 Å². The number of morpholine rings is 1. The number of hydrogen-bond acceptors (Lipinski definition) is 4. The molecule has 156 valence electrons. The van der Waals surface area contributed by atoms with Gasteiger partial charge in [0.05, 0.1) is 24.6 Å². The second-order valence-corrected chi connectivity index (χ2v) is 8.45. The molecule has 0 aliphatic carbocycles. The predicted octanol–water partition coefficient (Wildman–Crippen LogP) is 3.06. The van der Waals surface area contributed by atoms with Crippen molar-refractivity contribution in [3.63, 3.8) is 0 Å². The van der Waals surface area contributed by atoms with Crippen molar-refractivity contribution < 1.29 is 14.3 Å². The number of amides is 2.